The number of urea groups is 1. The highest BCUT2D eigenvalue weighted by atomic mass is 35.5. The summed E-state index contributed by atoms with van der Waals surface area (Å²) in [4.78, 5) is 23.4. The van der Waals surface area contributed by atoms with Crippen molar-refractivity contribution in [1.82, 2.24) is 9.97 Å². The van der Waals surface area contributed by atoms with E-state index in [4.69, 9.17) is 34.8 Å². The van der Waals surface area contributed by atoms with E-state index < -0.39 is 11.6 Å². The summed E-state index contributed by atoms with van der Waals surface area (Å²) in [6.45, 7) is 5.16. The average Bonchev–Trinajstić information content (AvgIpc) is 2.74. The lowest BCUT2D eigenvalue weighted by Gasteiger charge is -2.27. The van der Waals surface area contributed by atoms with Gasteiger partial charge in [0.25, 0.3) is 0 Å². The van der Waals surface area contributed by atoms with E-state index in [9.17, 15) is 9.90 Å². The minimum atomic E-state index is -1.00. The Bertz CT molecular complexity index is 1110. The zero-order valence-corrected chi connectivity index (χ0v) is 19.9. The summed E-state index contributed by atoms with van der Waals surface area (Å²) in [7, 11) is 0. The predicted octanol–water partition coefficient (Wildman–Crippen LogP) is 6.38. The van der Waals surface area contributed by atoms with Crippen LogP contribution < -0.4 is 15.5 Å². The molecule has 0 saturated carbocycles. The van der Waals surface area contributed by atoms with E-state index in [-0.39, 0.29) is 32.7 Å². The topological polar surface area (TPSA) is 90.4 Å². The second-order valence-corrected chi connectivity index (χ2v) is 8.77. The third-order valence-electron chi connectivity index (χ3n) is 4.77. The Balaban J connectivity index is 1.99. The molecule has 32 heavy (non-hydrogen) atoms. The minimum Gasteiger partial charge on any atom is -0.388 e. The van der Waals surface area contributed by atoms with Crippen molar-refractivity contribution in [3.8, 4) is 0 Å². The maximum atomic E-state index is 13.4. The Labute approximate surface area is 201 Å². The number of nitrogens with one attached hydrogen (secondary N) is 2. The number of benzene rings is 2. The third kappa shape index (κ3) is 5.61. The molecular formula is C22H22Cl3N5O2. The van der Waals surface area contributed by atoms with E-state index in [2.05, 4.69) is 20.6 Å². The molecule has 3 N–H and O–H groups in total. The molecule has 0 unspecified atom stereocenters. The van der Waals surface area contributed by atoms with Gasteiger partial charge in [0.15, 0.2) is 0 Å². The number of carbonyl (C=O) groups excluding carboxylic acids is 1. The molecule has 0 saturated heterocycles. The number of halogens is 3. The summed E-state index contributed by atoms with van der Waals surface area (Å²) in [6.07, 6.45) is 1.52. The van der Waals surface area contributed by atoms with E-state index in [1.165, 1.54) is 11.1 Å². The standard InChI is InChI=1S/C22H22Cl3N5O2/c1-13(22(2,3)32)27-20-26-12-11-17(28-20)30(14-7-5-4-6-8-14)21(31)29-19-16(24)10-9-15(23)18(19)25/h4-13,32H,1-3H3,(H,29,31)(H,26,27,28)/t13-/m0/s1. The maximum Gasteiger partial charge on any atom is 0.332 e. The maximum absolute atomic E-state index is 13.4. The number of carbonyl (C=O) groups is 1. The first-order valence-electron chi connectivity index (χ1n) is 9.69. The van der Waals surface area contributed by atoms with Crippen LogP contribution in [0.2, 0.25) is 15.1 Å². The zero-order chi connectivity index (χ0) is 23.5. The number of aliphatic hydroxyl groups is 1. The van der Waals surface area contributed by atoms with Crippen LogP contribution in [0.15, 0.2) is 54.7 Å². The summed E-state index contributed by atoms with van der Waals surface area (Å²) in [6, 6.07) is 12.7. The Morgan fingerprint density at radius 3 is 2.38 bits per heavy atom. The molecule has 3 rings (SSSR count). The second kappa shape index (κ2) is 9.92. The number of hydrogen-bond donors (Lipinski definition) is 3. The van der Waals surface area contributed by atoms with Crippen LogP contribution in [0.1, 0.15) is 20.8 Å². The molecular weight excluding hydrogens is 473 g/mol. The molecule has 0 aliphatic carbocycles. The number of aromatic nitrogens is 2. The summed E-state index contributed by atoms with van der Waals surface area (Å²) in [5.74, 6) is 0.549. The lowest BCUT2D eigenvalue weighted by molar-refractivity contribution is 0.0646. The van der Waals surface area contributed by atoms with Crippen LogP contribution in [0.25, 0.3) is 0 Å². The Hall–Kier alpha value is -2.58. The fraction of sp³-hybridized carbons (Fsp3) is 0.227. The number of para-hydroxylation sites is 1. The van der Waals surface area contributed by atoms with Crippen LogP contribution in [-0.4, -0.2) is 32.7 Å². The fourth-order valence-electron chi connectivity index (χ4n) is 2.65. The highest BCUT2D eigenvalue weighted by Gasteiger charge is 2.25. The number of hydrogen-bond acceptors (Lipinski definition) is 5. The van der Waals surface area contributed by atoms with Crippen molar-refractivity contribution < 1.29 is 9.90 Å². The van der Waals surface area contributed by atoms with Gasteiger partial charge in [0.2, 0.25) is 5.95 Å². The minimum absolute atomic E-state index is 0.129. The normalized spacial score (nSPS) is 12.2. The van der Waals surface area contributed by atoms with Gasteiger partial charge in [0.05, 0.1) is 38.1 Å². The summed E-state index contributed by atoms with van der Waals surface area (Å²) >= 11 is 18.6. The van der Waals surface area contributed by atoms with Crippen molar-refractivity contribution >= 4 is 64.0 Å². The predicted molar refractivity (Wildman–Crippen MR) is 130 cm³/mol. The first kappa shape index (κ1) is 24.1. The van der Waals surface area contributed by atoms with Crippen molar-refractivity contribution in [2.24, 2.45) is 0 Å². The number of anilines is 4. The van der Waals surface area contributed by atoms with E-state index >= 15 is 0 Å². The van der Waals surface area contributed by atoms with E-state index in [0.717, 1.165) is 0 Å². The van der Waals surface area contributed by atoms with Crippen molar-refractivity contribution in [2.45, 2.75) is 32.4 Å². The van der Waals surface area contributed by atoms with Crippen LogP contribution in [-0.2, 0) is 0 Å². The second-order valence-electron chi connectivity index (χ2n) is 7.58. The number of amides is 2. The summed E-state index contributed by atoms with van der Waals surface area (Å²) < 4.78 is 0. The molecule has 3 aromatic rings. The van der Waals surface area contributed by atoms with Crippen LogP contribution in [0.3, 0.4) is 0 Å². The molecule has 168 valence electrons. The first-order valence-corrected chi connectivity index (χ1v) is 10.8. The van der Waals surface area contributed by atoms with Gasteiger partial charge in [-0.2, -0.15) is 4.98 Å². The third-order valence-corrected chi connectivity index (χ3v) is 5.89. The van der Waals surface area contributed by atoms with Crippen LogP contribution in [0.5, 0.6) is 0 Å². The monoisotopic (exact) mass is 493 g/mol. The van der Waals surface area contributed by atoms with Gasteiger partial charge >= 0.3 is 6.03 Å². The molecule has 0 radical (unpaired) electrons. The Kier molecular flexibility index (Phi) is 7.46. The van der Waals surface area contributed by atoms with Crippen molar-refractivity contribution in [1.29, 1.82) is 0 Å². The molecule has 10 heteroatoms. The quantitative estimate of drug-likeness (QED) is 0.346. The van der Waals surface area contributed by atoms with Crippen LogP contribution in [0.4, 0.5) is 27.9 Å². The molecule has 0 bridgehead atoms. The molecule has 7 nitrogen and oxygen atoms in total. The average molecular weight is 495 g/mol. The Morgan fingerprint density at radius 2 is 1.72 bits per heavy atom. The molecule has 2 amide bonds. The number of nitrogens with zero attached hydrogens (tertiary/aromatic N) is 3. The van der Waals surface area contributed by atoms with E-state index in [1.807, 2.05) is 6.07 Å². The van der Waals surface area contributed by atoms with Crippen LogP contribution >= 0.6 is 34.8 Å². The largest absolute Gasteiger partial charge is 0.388 e. The van der Waals surface area contributed by atoms with Crippen molar-refractivity contribution in [3.63, 3.8) is 0 Å². The van der Waals surface area contributed by atoms with E-state index in [1.54, 1.807) is 63.2 Å². The van der Waals surface area contributed by atoms with Gasteiger partial charge in [-0.1, -0.05) is 53.0 Å². The summed E-state index contributed by atoms with van der Waals surface area (Å²) in [5.41, 5.74) is -0.259. The van der Waals surface area contributed by atoms with Gasteiger partial charge < -0.3 is 15.7 Å². The first-order chi connectivity index (χ1) is 15.1. The molecule has 0 spiro atoms. The molecule has 1 atom stereocenters. The van der Waals surface area contributed by atoms with Gasteiger partial charge in [-0.3, -0.25) is 0 Å². The molecule has 1 heterocycles. The number of rotatable bonds is 6. The molecule has 0 aliphatic heterocycles. The van der Waals surface area contributed by atoms with Gasteiger partial charge in [-0.05, 0) is 45.0 Å². The summed E-state index contributed by atoms with van der Waals surface area (Å²) in [5, 5.41) is 16.6. The molecule has 0 aliphatic rings. The van der Waals surface area contributed by atoms with Gasteiger partial charge in [-0.25, -0.2) is 14.7 Å². The SMILES string of the molecule is C[C@H](Nc1nccc(N(C(=O)Nc2c(Cl)ccc(Cl)c2Cl)c2ccccc2)n1)C(C)(C)O. The van der Waals surface area contributed by atoms with Gasteiger partial charge in [-0.15, -0.1) is 0 Å². The van der Waals surface area contributed by atoms with Crippen LogP contribution in [0, 0.1) is 0 Å². The lowest BCUT2D eigenvalue weighted by Crippen LogP contribution is -2.40. The highest BCUT2D eigenvalue weighted by molar-refractivity contribution is 6.46. The molecule has 2 aromatic carbocycles. The Morgan fingerprint density at radius 1 is 1.06 bits per heavy atom. The smallest absolute Gasteiger partial charge is 0.332 e. The fourth-order valence-corrected chi connectivity index (χ4v) is 3.27. The highest BCUT2D eigenvalue weighted by Crippen LogP contribution is 2.37. The van der Waals surface area contributed by atoms with E-state index in [0.29, 0.717) is 11.5 Å². The van der Waals surface area contributed by atoms with Gasteiger partial charge in [0.1, 0.15) is 5.82 Å². The molecule has 0 fully saturated rings. The molecule has 1 aromatic heterocycles. The van der Waals surface area contributed by atoms with Crippen molar-refractivity contribution in [2.75, 3.05) is 15.5 Å². The zero-order valence-electron chi connectivity index (χ0n) is 17.6. The van der Waals surface area contributed by atoms with Gasteiger partial charge in [0, 0.05) is 12.3 Å². The lowest BCUT2D eigenvalue weighted by atomic mass is 10.0. The van der Waals surface area contributed by atoms with Crippen molar-refractivity contribution in [3.05, 3.63) is 69.8 Å².